The van der Waals surface area contributed by atoms with Gasteiger partial charge in [-0.15, -0.1) is 10.2 Å². The molecule has 0 bridgehead atoms. The molecule has 1 aromatic heterocycles. The molecule has 1 unspecified atom stereocenters. The third kappa shape index (κ3) is 4.61. The van der Waals surface area contributed by atoms with Gasteiger partial charge in [0, 0.05) is 19.2 Å². The van der Waals surface area contributed by atoms with Crippen LogP contribution in [-0.4, -0.2) is 47.2 Å². The molecule has 6 nitrogen and oxygen atoms in total. The summed E-state index contributed by atoms with van der Waals surface area (Å²) in [7, 11) is 0. The maximum Gasteiger partial charge on any atom is 0.230 e. The molecule has 3 fully saturated rings. The second-order valence-corrected chi connectivity index (χ2v) is 9.15. The van der Waals surface area contributed by atoms with E-state index in [9.17, 15) is 4.79 Å². The number of carbonyl (C=O) groups is 1. The average molecular weight is 369 g/mol. The van der Waals surface area contributed by atoms with E-state index in [1.165, 1.54) is 48.8 Å². The Labute approximate surface area is 150 Å². The van der Waals surface area contributed by atoms with Gasteiger partial charge in [-0.05, 0) is 50.4 Å². The molecular formula is C16H24N4O2S2. The van der Waals surface area contributed by atoms with Crippen LogP contribution in [0.25, 0.3) is 0 Å². The zero-order chi connectivity index (χ0) is 16.4. The number of hydrogen-bond donors (Lipinski definition) is 2. The van der Waals surface area contributed by atoms with Gasteiger partial charge in [0.25, 0.3) is 0 Å². The molecule has 2 heterocycles. The first-order valence-corrected chi connectivity index (χ1v) is 10.7. The first-order valence-electron chi connectivity index (χ1n) is 8.89. The van der Waals surface area contributed by atoms with Crippen LogP contribution in [0, 0.1) is 11.8 Å². The Morgan fingerprint density at radius 3 is 2.71 bits per heavy atom. The average Bonchev–Trinajstić information content (AvgIpc) is 3.50. The Morgan fingerprint density at radius 2 is 2.04 bits per heavy atom. The van der Waals surface area contributed by atoms with Gasteiger partial charge in [-0.3, -0.25) is 4.79 Å². The van der Waals surface area contributed by atoms with Crippen molar-refractivity contribution in [3.05, 3.63) is 0 Å². The second kappa shape index (κ2) is 7.58. The minimum Gasteiger partial charge on any atom is -0.376 e. The number of amides is 1. The highest BCUT2D eigenvalue weighted by molar-refractivity contribution is 8.01. The van der Waals surface area contributed by atoms with Crippen LogP contribution < -0.4 is 10.6 Å². The van der Waals surface area contributed by atoms with Crippen molar-refractivity contribution in [1.82, 2.24) is 15.5 Å². The molecule has 0 spiro atoms. The fourth-order valence-corrected chi connectivity index (χ4v) is 4.80. The van der Waals surface area contributed by atoms with E-state index in [1.54, 1.807) is 0 Å². The highest BCUT2D eigenvalue weighted by Gasteiger charge is 2.42. The number of thioether (sulfide) groups is 1. The van der Waals surface area contributed by atoms with Crippen molar-refractivity contribution in [2.45, 2.75) is 55.0 Å². The summed E-state index contributed by atoms with van der Waals surface area (Å²) >= 11 is 2.98. The fourth-order valence-electron chi connectivity index (χ4n) is 3.23. The van der Waals surface area contributed by atoms with E-state index in [4.69, 9.17) is 4.74 Å². The molecule has 1 amide bonds. The number of anilines is 1. The van der Waals surface area contributed by atoms with E-state index in [0.29, 0.717) is 11.8 Å². The number of carbonyl (C=O) groups excluding carboxylic acids is 1. The topological polar surface area (TPSA) is 76.1 Å². The van der Waals surface area contributed by atoms with Crippen LogP contribution in [0.5, 0.6) is 0 Å². The van der Waals surface area contributed by atoms with Crippen LogP contribution in [0.15, 0.2) is 4.34 Å². The van der Waals surface area contributed by atoms with Crippen molar-refractivity contribution in [2.24, 2.45) is 11.8 Å². The van der Waals surface area contributed by atoms with Crippen LogP contribution in [0.4, 0.5) is 5.13 Å². The Morgan fingerprint density at radius 1 is 1.25 bits per heavy atom. The standard InChI is InChI=1S/C16H24N4O2S2/c21-13(18-14(10-3-4-10)11-5-6-11)9-23-16-20-19-15(24-16)17-8-12-2-1-7-22-12/h10-12,14H,1-9H2,(H,17,19)(H,18,21). The van der Waals surface area contributed by atoms with Gasteiger partial charge in [0.05, 0.1) is 11.9 Å². The van der Waals surface area contributed by atoms with Gasteiger partial charge in [-0.1, -0.05) is 23.1 Å². The van der Waals surface area contributed by atoms with Gasteiger partial charge in [-0.2, -0.15) is 0 Å². The molecular weight excluding hydrogens is 344 g/mol. The zero-order valence-corrected chi connectivity index (χ0v) is 15.3. The molecule has 2 aliphatic carbocycles. The lowest BCUT2D eigenvalue weighted by atomic mass is 10.1. The molecule has 1 saturated heterocycles. The number of aromatic nitrogens is 2. The molecule has 8 heteroatoms. The monoisotopic (exact) mass is 368 g/mol. The first kappa shape index (κ1) is 16.6. The van der Waals surface area contributed by atoms with Gasteiger partial charge >= 0.3 is 0 Å². The van der Waals surface area contributed by atoms with Gasteiger partial charge in [0.2, 0.25) is 11.0 Å². The van der Waals surface area contributed by atoms with Crippen molar-refractivity contribution < 1.29 is 9.53 Å². The molecule has 1 aliphatic heterocycles. The maximum atomic E-state index is 12.2. The fraction of sp³-hybridized carbons (Fsp3) is 0.812. The third-order valence-corrected chi connectivity index (χ3v) is 6.84. The number of nitrogens with one attached hydrogen (secondary N) is 2. The summed E-state index contributed by atoms with van der Waals surface area (Å²) in [5, 5.41) is 15.6. The third-order valence-electron chi connectivity index (χ3n) is 4.83. The summed E-state index contributed by atoms with van der Waals surface area (Å²) in [5.41, 5.74) is 0. The Balaban J connectivity index is 1.18. The molecule has 4 rings (SSSR count). The molecule has 132 valence electrons. The van der Waals surface area contributed by atoms with Crippen molar-refractivity contribution in [3.63, 3.8) is 0 Å². The maximum absolute atomic E-state index is 12.2. The van der Waals surface area contributed by atoms with Crippen LogP contribution in [0.3, 0.4) is 0 Å². The van der Waals surface area contributed by atoms with Gasteiger partial charge < -0.3 is 15.4 Å². The molecule has 2 saturated carbocycles. The number of nitrogens with zero attached hydrogens (tertiary/aromatic N) is 2. The first-order chi connectivity index (χ1) is 11.8. The Kier molecular flexibility index (Phi) is 5.24. The smallest absolute Gasteiger partial charge is 0.230 e. The Hall–Kier alpha value is -0.860. The second-order valence-electron chi connectivity index (χ2n) is 6.95. The summed E-state index contributed by atoms with van der Waals surface area (Å²) in [6, 6.07) is 0.427. The molecule has 24 heavy (non-hydrogen) atoms. The van der Waals surface area contributed by atoms with Gasteiger partial charge in [-0.25, -0.2) is 0 Å². The SMILES string of the molecule is O=C(CSc1nnc(NCC2CCCO2)s1)NC(C1CC1)C1CC1. The van der Waals surface area contributed by atoms with E-state index < -0.39 is 0 Å². The van der Waals surface area contributed by atoms with E-state index in [-0.39, 0.29) is 12.0 Å². The van der Waals surface area contributed by atoms with Gasteiger partial charge in [0.15, 0.2) is 4.34 Å². The molecule has 0 radical (unpaired) electrons. The van der Waals surface area contributed by atoms with Crippen molar-refractivity contribution in [2.75, 3.05) is 24.2 Å². The highest BCUT2D eigenvalue weighted by Crippen LogP contribution is 2.44. The van der Waals surface area contributed by atoms with Crippen LogP contribution >= 0.6 is 23.1 Å². The molecule has 3 aliphatic rings. The summed E-state index contributed by atoms with van der Waals surface area (Å²) < 4.78 is 6.42. The van der Waals surface area contributed by atoms with Crippen molar-refractivity contribution >= 4 is 34.1 Å². The minimum atomic E-state index is 0.132. The molecule has 1 aromatic rings. The largest absolute Gasteiger partial charge is 0.376 e. The lowest BCUT2D eigenvalue weighted by Crippen LogP contribution is -2.39. The normalized spacial score (nSPS) is 23.6. The zero-order valence-electron chi connectivity index (χ0n) is 13.7. The van der Waals surface area contributed by atoms with Crippen molar-refractivity contribution in [3.8, 4) is 0 Å². The van der Waals surface area contributed by atoms with E-state index in [0.717, 1.165) is 47.3 Å². The van der Waals surface area contributed by atoms with E-state index >= 15 is 0 Å². The number of rotatable bonds is 9. The predicted octanol–water partition coefficient (Wildman–Crippen LogP) is 2.53. The summed E-state index contributed by atoms with van der Waals surface area (Å²) in [6.45, 7) is 1.64. The lowest BCUT2D eigenvalue weighted by molar-refractivity contribution is -0.119. The molecule has 0 aromatic carbocycles. The van der Waals surface area contributed by atoms with E-state index in [1.807, 2.05) is 0 Å². The minimum absolute atomic E-state index is 0.132. The predicted molar refractivity (Wildman–Crippen MR) is 95.5 cm³/mol. The lowest BCUT2D eigenvalue weighted by Gasteiger charge is -2.17. The molecule has 2 N–H and O–H groups in total. The number of hydrogen-bond acceptors (Lipinski definition) is 7. The van der Waals surface area contributed by atoms with Crippen LogP contribution in [-0.2, 0) is 9.53 Å². The van der Waals surface area contributed by atoms with Crippen LogP contribution in [0.2, 0.25) is 0 Å². The quantitative estimate of drug-likeness (QED) is 0.652. The Bertz CT molecular complexity index is 556. The van der Waals surface area contributed by atoms with Crippen molar-refractivity contribution in [1.29, 1.82) is 0 Å². The summed E-state index contributed by atoms with van der Waals surface area (Å²) in [5.74, 6) is 2.03. The molecule has 1 atom stereocenters. The number of ether oxygens (including phenoxy) is 1. The van der Waals surface area contributed by atoms with E-state index in [2.05, 4.69) is 20.8 Å². The summed E-state index contributed by atoms with van der Waals surface area (Å²) in [6.07, 6.45) is 7.67. The summed E-state index contributed by atoms with van der Waals surface area (Å²) in [4.78, 5) is 12.2. The van der Waals surface area contributed by atoms with Crippen LogP contribution in [0.1, 0.15) is 38.5 Å². The van der Waals surface area contributed by atoms with Gasteiger partial charge in [0.1, 0.15) is 0 Å². The highest BCUT2D eigenvalue weighted by atomic mass is 32.2.